The highest BCUT2D eigenvalue weighted by Gasteiger charge is 2.22. The van der Waals surface area contributed by atoms with Gasteiger partial charge in [0.1, 0.15) is 16.7 Å². The molecule has 7 aromatic carbocycles. The summed E-state index contributed by atoms with van der Waals surface area (Å²) in [5.41, 5.74) is 7.37. The minimum absolute atomic E-state index is 0.611. The van der Waals surface area contributed by atoms with Crippen molar-refractivity contribution in [3.05, 3.63) is 146 Å². The predicted octanol–water partition coefficient (Wildman–Crippen LogP) is 12.4. The lowest BCUT2D eigenvalue weighted by Crippen LogP contribution is -2.10. The minimum atomic E-state index is 0.611. The Kier molecular flexibility index (Phi) is 5.41. The maximum absolute atomic E-state index is 6.45. The van der Waals surface area contributed by atoms with Crippen LogP contribution in [0.4, 0.5) is 17.1 Å². The number of hydrogen-bond donors (Lipinski definition) is 0. The SMILES string of the molecule is c1ccc(-c2nc3cc(N(c4ccc5c(c4)oc4ccccc45)c4ccc5c(c4)sc4ccccc45)c4ccccc4c3o2)cc1. The number of benzene rings is 7. The molecule has 3 heterocycles. The lowest BCUT2D eigenvalue weighted by molar-refractivity contribution is 0.623. The molecule has 3 aromatic heterocycles. The first-order valence-electron chi connectivity index (χ1n) is 15.3. The van der Waals surface area contributed by atoms with Gasteiger partial charge in [-0.2, -0.15) is 0 Å². The van der Waals surface area contributed by atoms with Gasteiger partial charge in [-0.05, 0) is 54.6 Å². The summed E-state index contributed by atoms with van der Waals surface area (Å²) >= 11 is 1.82. The molecule has 5 heteroatoms. The number of aromatic nitrogens is 1. The van der Waals surface area contributed by atoms with Gasteiger partial charge >= 0.3 is 0 Å². The van der Waals surface area contributed by atoms with E-state index in [1.165, 1.54) is 20.2 Å². The fraction of sp³-hybridized carbons (Fsp3) is 0. The summed E-state index contributed by atoms with van der Waals surface area (Å²) in [5, 5.41) is 6.86. The maximum Gasteiger partial charge on any atom is 0.227 e. The standard InChI is InChI=1S/C41H24N2O2S/c1-2-10-25(11-3-1)41-42-34-24-35(28-12-4-5-15-33(28)40(34)45-41)43(26-18-20-30-29-13-6-8-16-36(29)44-37(30)22-26)27-19-21-32-31-14-7-9-17-38(31)46-39(32)23-27/h1-24H. The number of nitrogens with zero attached hydrogens (tertiary/aromatic N) is 2. The van der Waals surface area contributed by atoms with Crippen molar-refractivity contribution in [2.45, 2.75) is 0 Å². The average molecular weight is 609 g/mol. The van der Waals surface area contributed by atoms with Gasteiger partial charge in [0.15, 0.2) is 5.58 Å². The van der Waals surface area contributed by atoms with E-state index in [0.717, 1.165) is 66.4 Å². The van der Waals surface area contributed by atoms with Crippen LogP contribution < -0.4 is 4.90 Å². The van der Waals surface area contributed by atoms with Crippen LogP contribution in [0, 0.1) is 0 Å². The molecule has 216 valence electrons. The number of furan rings is 1. The first-order valence-corrected chi connectivity index (χ1v) is 16.1. The molecule has 0 aliphatic heterocycles. The molecule has 0 amide bonds. The molecule has 0 N–H and O–H groups in total. The zero-order chi connectivity index (χ0) is 30.2. The van der Waals surface area contributed by atoms with E-state index in [2.05, 4.69) is 108 Å². The van der Waals surface area contributed by atoms with Crippen molar-refractivity contribution in [1.82, 2.24) is 4.98 Å². The van der Waals surface area contributed by atoms with Crippen LogP contribution in [0.5, 0.6) is 0 Å². The largest absolute Gasteiger partial charge is 0.456 e. The Balaban J connectivity index is 1.26. The van der Waals surface area contributed by atoms with Gasteiger partial charge in [0.25, 0.3) is 0 Å². The summed E-state index contributed by atoms with van der Waals surface area (Å²) in [7, 11) is 0. The van der Waals surface area contributed by atoms with E-state index in [1.54, 1.807) is 0 Å². The van der Waals surface area contributed by atoms with Crippen molar-refractivity contribution in [2.24, 2.45) is 0 Å². The first kappa shape index (κ1) is 25.4. The van der Waals surface area contributed by atoms with Crippen molar-refractivity contribution < 1.29 is 8.83 Å². The first-order chi connectivity index (χ1) is 22.8. The van der Waals surface area contributed by atoms with E-state index < -0.39 is 0 Å². The highest BCUT2D eigenvalue weighted by Crippen LogP contribution is 2.46. The second-order valence-electron chi connectivity index (χ2n) is 11.6. The van der Waals surface area contributed by atoms with Gasteiger partial charge in [-0.3, -0.25) is 0 Å². The lowest BCUT2D eigenvalue weighted by Gasteiger charge is -2.27. The van der Waals surface area contributed by atoms with Crippen LogP contribution in [-0.4, -0.2) is 4.98 Å². The van der Waals surface area contributed by atoms with Gasteiger partial charge in [-0.15, -0.1) is 11.3 Å². The van der Waals surface area contributed by atoms with E-state index in [0.29, 0.717) is 5.89 Å². The Morgan fingerprint density at radius 3 is 2.00 bits per heavy atom. The number of hydrogen-bond acceptors (Lipinski definition) is 5. The molecular formula is C41H24N2O2S. The van der Waals surface area contributed by atoms with E-state index in [1.807, 2.05) is 53.8 Å². The molecule has 0 saturated carbocycles. The zero-order valence-corrected chi connectivity index (χ0v) is 25.3. The van der Waals surface area contributed by atoms with Crippen LogP contribution in [0.1, 0.15) is 0 Å². The van der Waals surface area contributed by atoms with Gasteiger partial charge in [0.05, 0.1) is 5.69 Å². The van der Waals surface area contributed by atoms with Gasteiger partial charge in [-0.25, -0.2) is 4.98 Å². The van der Waals surface area contributed by atoms with Crippen molar-refractivity contribution in [2.75, 3.05) is 4.90 Å². The van der Waals surface area contributed by atoms with Gasteiger partial charge in [-0.1, -0.05) is 84.9 Å². The van der Waals surface area contributed by atoms with E-state index in [-0.39, 0.29) is 0 Å². The summed E-state index contributed by atoms with van der Waals surface area (Å²) in [6, 6.07) is 50.8. The maximum atomic E-state index is 6.45. The van der Waals surface area contributed by atoms with Gasteiger partial charge in [0.2, 0.25) is 5.89 Å². The summed E-state index contributed by atoms with van der Waals surface area (Å²) in [6.07, 6.45) is 0. The number of thiophene rings is 1. The zero-order valence-electron chi connectivity index (χ0n) is 24.5. The Morgan fingerprint density at radius 2 is 1.13 bits per heavy atom. The highest BCUT2D eigenvalue weighted by atomic mass is 32.1. The highest BCUT2D eigenvalue weighted by molar-refractivity contribution is 7.25. The topological polar surface area (TPSA) is 42.4 Å². The van der Waals surface area contributed by atoms with Crippen LogP contribution in [0.15, 0.2) is 154 Å². The quantitative estimate of drug-likeness (QED) is 0.199. The number of oxazole rings is 1. The molecule has 0 bridgehead atoms. The smallest absolute Gasteiger partial charge is 0.227 e. The molecule has 10 rings (SSSR count). The second kappa shape index (κ2) is 9.80. The Labute approximate surface area is 267 Å². The molecule has 10 aromatic rings. The van der Waals surface area contributed by atoms with E-state index in [4.69, 9.17) is 13.8 Å². The van der Waals surface area contributed by atoms with Crippen molar-refractivity contribution in [3.63, 3.8) is 0 Å². The summed E-state index contributed by atoms with van der Waals surface area (Å²) in [4.78, 5) is 7.34. The Bertz CT molecular complexity index is 2660. The van der Waals surface area contributed by atoms with Crippen molar-refractivity contribution in [1.29, 1.82) is 0 Å². The third-order valence-corrected chi connectivity index (χ3v) is 10.0. The normalized spacial score (nSPS) is 11.9. The summed E-state index contributed by atoms with van der Waals surface area (Å²) in [5.74, 6) is 0.611. The lowest BCUT2D eigenvalue weighted by atomic mass is 10.0. The predicted molar refractivity (Wildman–Crippen MR) is 192 cm³/mol. The molecule has 0 radical (unpaired) electrons. The number of para-hydroxylation sites is 1. The molecule has 0 atom stereocenters. The van der Waals surface area contributed by atoms with Crippen LogP contribution in [0.2, 0.25) is 0 Å². The fourth-order valence-electron chi connectivity index (χ4n) is 6.76. The molecule has 0 unspecified atom stereocenters. The monoisotopic (exact) mass is 608 g/mol. The third-order valence-electron chi connectivity index (χ3n) is 8.88. The van der Waals surface area contributed by atoms with E-state index >= 15 is 0 Å². The molecule has 4 nitrogen and oxygen atoms in total. The Morgan fingerprint density at radius 1 is 0.478 bits per heavy atom. The van der Waals surface area contributed by atoms with Crippen LogP contribution in [0.25, 0.3) is 75.4 Å². The molecule has 46 heavy (non-hydrogen) atoms. The molecule has 0 aliphatic carbocycles. The minimum Gasteiger partial charge on any atom is -0.456 e. The van der Waals surface area contributed by atoms with E-state index in [9.17, 15) is 0 Å². The number of rotatable bonds is 4. The Hall–Kier alpha value is -5.91. The summed E-state index contributed by atoms with van der Waals surface area (Å²) in [6.45, 7) is 0. The molecule has 0 aliphatic rings. The fourth-order valence-corrected chi connectivity index (χ4v) is 7.90. The van der Waals surface area contributed by atoms with Crippen LogP contribution in [-0.2, 0) is 0 Å². The average Bonchev–Trinajstić information content (AvgIpc) is 3.82. The molecule has 0 fully saturated rings. The van der Waals surface area contributed by atoms with Gasteiger partial charge in [0, 0.05) is 64.7 Å². The number of anilines is 3. The van der Waals surface area contributed by atoms with Crippen LogP contribution in [0.3, 0.4) is 0 Å². The third kappa shape index (κ3) is 3.82. The molecule has 0 spiro atoms. The van der Waals surface area contributed by atoms with Gasteiger partial charge < -0.3 is 13.7 Å². The van der Waals surface area contributed by atoms with Crippen molar-refractivity contribution in [3.8, 4) is 11.5 Å². The molecule has 0 saturated heterocycles. The van der Waals surface area contributed by atoms with Crippen molar-refractivity contribution >= 4 is 92.4 Å². The molecular weight excluding hydrogens is 585 g/mol. The summed E-state index contributed by atoms with van der Waals surface area (Å²) < 4.78 is 15.4. The van der Waals surface area contributed by atoms with Crippen LogP contribution >= 0.6 is 11.3 Å². The second-order valence-corrected chi connectivity index (χ2v) is 12.7. The number of fused-ring (bicyclic) bond motifs is 9.